The molecule has 1 aromatic heterocycles. The van der Waals surface area contributed by atoms with E-state index in [1.807, 2.05) is 48.2 Å². The molecule has 2 aromatic carbocycles. The molecule has 27 heavy (non-hydrogen) atoms. The third kappa shape index (κ3) is 3.37. The summed E-state index contributed by atoms with van der Waals surface area (Å²) in [5.41, 5.74) is 4.22. The molecule has 1 saturated heterocycles. The SMILES string of the molecule is Cc1ccccc1-c1noc(C2CC(=O)N(c3cccc(C(C)C)c3)C2)n1. The Bertz CT molecular complexity index is 977. The van der Waals surface area contributed by atoms with Crippen LogP contribution >= 0.6 is 0 Å². The van der Waals surface area contributed by atoms with Gasteiger partial charge in [-0.15, -0.1) is 0 Å². The van der Waals surface area contributed by atoms with Gasteiger partial charge in [0.2, 0.25) is 17.6 Å². The fraction of sp³-hybridized carbons (Fsp3) is 0.318. The van der Waals surface area contributed by atoms with Crippen LogP contribution in [0.15, 0.2) is 53.1 Å². The van der Waals surface area contributed by atoms with Crippen LogP contribution in [0.25, 0.3) is 11.4 Å². The maximum atomic E-state index is 12.6. The Morgan fingerprint density at radius 1 is 1.15 bits per heavy atom. The molecule has 1 fully saturated rings. The van der Waals surface area contributed by atoms with Gasteiger partial charge in [-0.1, -0.05) is 55.4 Å². The topological polar surface area (TPSA) is 59.2 Å². The molecule has 1 aliphatic rings. The molecule has 0 saturated carbocycles. The van der Waals surface area contributed by atoms with Crippen molar-refractivity contribution in [3.8, 4) is 11.4 Å². The number of benzene rings is 2. The number of aryl methyl sites for hydroxylation is 1. The number of aromatic nitrogens is 2. The normalized spacial score (nSPS) is 17.1. The third-order valence-corrected chi connectivity index (χ3v) is 5.15. The van der Waals surface area contributed by atoms with Crippen LogP contribution in [0.4, 0.5) is 5.69 Å². The number of rotatable bonds is 4. The van der Waals surface area contributed by atoms with Crippen LogP contribution in [0.5, 0.6) is 0 Å². The Balaban J connectivity index is 1.57. The van der Waals surface area contributed by atoms with Gasteiger partial charge in [0.05, 0.1) is 5.92 Å². The highest BCUT2D eigenvalue weighted by atomic mass is 16.5. The molecule has 1 aliphatic heterocycles. The van der Waals surface area contributed by atoms with Crippen LogP contribution in [0, 0.1) is 6.92 Å². The summed E-state index contributed by atoms with van der Waals surface area (Å²) in [5.74, 6) is 1.55. The summed E-state index contributed by atoms with van der Waals surface area (Å²) in [5, 5.41) is 4.14. The number of carbonyl (C=O) groups excluding carboxylic acids is 1. The van der Waals surface area contributed by atoms with E-state index in [-0.39, 0.29) is 11.8 Å². The molecule has 1 unspecified atom stereocenters. The molecule has 4 rings (SSSR count). The highest BCUT2D eigenvalue weighted by molar-refractivity contribution is 5.96. The Morgan fingerprint density at radius 3 is 2.74 bits per heavy atom. The largest absolute Gasteiger partial charge is 0.339 e. The summed E-state index contributed by atoms with van der Waals surface area (Å²) < 4.78 is 5.51. The molecule has 0 radical (unpaired) electrons. The van der Waals surface area contributed by atoms with E-state index in [0.717, 1.165) is 16.8 Å². The van der Waals surface area contributed by atoms with Crippen molar-refractivity contribution in [3.63, 3.8) is 0 Å². The van der Waals surface area contributed by atoms with E-state index in [2.05, 4.69) is 36.1 Å². The average molecular weight is 361 g/mol. The second kappa shape index (κ2) is 6.99. The lowest BCUT2D eigenvalue weighted by Crippen LogP contribution is -2.24. The van der Waals surface area contributed by atoms with Crippen molar-refractivity contribution in [1.29, 1.82) is 0 Å². The van der Waals surface area contributed by atoms with Crippen LogP contribution in [-0.2, 0) is 4.79 Å². The summed E-state index contributed by atoms with van der Waals surface area (Å²) in [6.45, 7) is 6.89. The van der Waals surface area contributed by atoms with Gasteiger partial charge in [0.25, 0.3) is 0 Å². The van der Waals surface area contributed by atoms with Crippen molar-refractivity contribution in [3.05, 3.63) is 65.5 Å². The molecule has 0 spiro atoms. The number of hydrogen-bond donors (Lipinski definition) is 0. The number of anilines is 1. The van der Waals surface area contributed by atoms with Crippen molar-refractivity contribution in [2.45, 2.75) is 39.0 Å². The minimum Gasteiger partial charge on any atom is -0.339 e. The molecule has 138 valence electrons. The maximum Gasteiger partial charge on any atom is 0.232 e. The molecule has 5 heteroatoms. The van der Waals surface area contributed by atoms with Gasteiger partial charge in [0, 0.05) is 24.2 Å². The van der Waals surface area contributed by atoms with Gasteiger partial charge in [-0.25, -0.2) is 0 Å². The smallest absolute Gasteiger partial charge is 0.232 e. The average Bonchev–Trinajstić information content (AvgIpc) is 3.29. The lowest BCUT2D eigenvalue weighted by Gasteiger charge is -2.18. The number of carbonyl (C=O) groups is 1. The first-order valence-electron chi connectivity index (χ1n) is 9.33. The Labute approximate surface area is 159 Å². The van der Waals surface area contributed by atoms with Gasteiger partial charge in [-0.3, -0.25) is 4.79 Å². The molecule has 0 aliphatic carbocycles. The second-order valence-corrected chi connectivity index (χ2v) is 7.43. The van der Waals surface area contributed by atoms with E-state index in [1.165, 1.54) is 5.56 Å². The van der Waals surface area contributed by atoms with Crippen molar-refractivity contribution in [2.75, 3.05) is 11.4 Å². The van der Waals surface area contributed by atoms with Crippen LogP contribution in [0.3, 0.4) is 0 Å². The van der Waals surface area contributed by atoms with E-state index in [0.29, 0.717) is 30.6 Å². The van der Waals surface area contributed by atoms with Crippen molar-refractivity contribution in [1.82, 2.24) is 10.1 Å². The molecule has 2 heterocycles. The quantitative estimate of drug-likeness (QED) is 0.676. The zero-order chi connectivity index (χ0) is 19.0. The van der Waals surface area contributed by atoms with Gasteiger partial charge < -0.3 is 9.42 Å². The predicted octanol–water partition coefficient (Wildman–Crippen LogP) is 4.69. The fourth-order valence-corrected chi connectivity index (χ4v) is 3.51. The first kappa shape index (κ1) is 17.5. The van der Waals surface area contributed by atoms with Gasteiger partial charge in [-0.2, -0.15) is 4.98 Å². The number of nitrogens with zero attached hydrogens (tertiary/aromatic N) is 3. The highest BCUT2D eigenvalue weighted by Gasteiger charge is 2.35. The van der Waals surface area contributed by atoms with Gasteiger partial charge in [0.1, 0.15) is 0 Å². The van der Waals surface area contributed by atoms with E-state index < -0.39 is 0 Å². The van der Waals surface area contributed by atoms with E-state index >= 15 is 0 Å². The maximum absolute atomic E-state index is 12.6. The van der Waals surface area contributed by atoms with E-state index in [9.17, 15) is 4.79 Å². The molecule has 5 nitrogen and oxygen atoms in total. The third-order valence-electron chi connectivity index (χ3n) is 5.15. The predicted molar refractivity (Wildman–Crippen MR) is 105 cm³/mol. The van der Waals surface area contributed by atoms with Crippen LogP contribution < -0.4 is 4.90 Å². The van der Waals surface area contributed by atoms with Gasteiger partial charge >= 0.3 is 0 Å². The summed E-state index contributed by atoms with van der Waals surface area (Å²) in [4.78, 5) is 19.0. The van der Waals surface area contributed by atoms with Crippen LogP contribution in [0.1, 0.15) is 49.1 Å². The zero-order valence-corrected chi connectivity index (χ0v) is 15.8. The molecule has 0 bridgehead atoms. The monoisotopic (exact) mass is 361 g/mol. The van der Waals surface area contributed by atoms with Crippen LogP contribution in [-0.4, -0.2) is 22.6 Å². The zero-order valence-electron chi connectivity index (χ0n) is 15.8. The lowest BCUT2D eigenvalue weighted by atomic mass is 10.0. The molecule has 1 amide bonds. The first-order valence-corrected chi connectivity index (χ1v) is 9.33. The Morgan fingerprint density at radius 2 is 1.96 bits per heavy atom. The lowest BCUT2D eigenvalue weighted by molar-refractivity contribution is -0.117. The fourth-order valence-electron chi connectivity index (χ4n) is 3.51. The minimum absolute atomic E-state index is 0.0783. The Hall–Kier alpha value is -2.95. The molecular weight excluding hydrogens is 338 g/mol. The van der Waals surface area contributed by atoms with E-state index in [4.69, 9.17) is 4.52 Å². The van der Waals surface area contributed by atoms with Gasteiger partial charge in [0.15, 0.2) is 0 Å². The molecule has 1 atom stereocenters. The molecule has 0 N–H and O–H groups in total. The van der Waals surface area contributed by atoms with Gasteiger partial charge in [-0.05, 0) is 36.1 Å². The molecule has 3 aromatic rings. The Kier molecular flexibility index (Phi) is 4.52. The minimum atomic E-state index is -0.0783. The highest BCUT2D eigenvalue weighted by Crippen LogP contribution is 2.33. The standard InChI is InChI=1S/C22H23N3O2/c1-14(2)16-8-6-9-18(11-16)25-13-17(12-20(25)26)22-23-21(24-27-22)19-10-5-4-7-15(19)3/h4-11,14,17H,12-13H2,1-3H3. The number of amides is 1. The van der Waals surface area contributed by atoms with Crippen molar-refractivity contribution in [2.24, 2.45) is 0 Å². The van der Waals surface area contributed by atoms with Crippen LogP contribution in [0.2, 0.25) is 0 Å². The van der Waals surface area contributed by atoms with Crippen molar-refractivity contribution >= 4 is 11.6 Å². The van der Waals surface area contributed by atoms with Crippen molar-refractivity contribution < 1.29 is 9.32 Å². The summed E-state index contributed by atoms with van der Waals surface area (Å²) >= 11 is 0. The summed E-state index contributed by atoms with van der Waals surface area (Å²) in [6, 6.07) is 16.1. The van der Waals surface area contributed by atoms with E-state index in [1.54, 1.807) is 0 Å². The second-order valence-electron chi connectivity index (χ2n) is 7.43. The summed E-state index contributed by atoms with van der Waals surface area (Å²) in [7, 11) is 0. The first-order chi connectivity index (χ1) is 13.0. The number of hydrogen-bond acceptors (Lipinski definition) is 4. The molecular formula is C22H23N3O2. The summed E-state index contributed by atoms with van der Waals surface area (Å²) in [6.07, 6.45) is 0.390.